The highest BCUT2D eigenvalue weighted by molar-refractivity contribution is 6.34. The predicted octanol–water partition coefficient (Wildman–Crippen LogP) is 3.66. The van der Waals surface area contributed by atoms with Gasteiger partial charge in [0.1, 0.15) is 5.75 Å². The lowest BCUT2D eigenvalue weighted by Crippen LogP contribution is -2.49. The minimum atomic E-state index is -0.237. The van der Waals surface area contributed by atoms with Crippen molar-refractivity contribution in [3.8, 4) is 5.75 Å². The Balaban J connectivity index is 1.59. The van der Waals surface area contributed by atoms with Crippen LogP contribution in [0.25, 0.3) is 0 Å². The molecule has 3 rings (SSSR count). The lowest BCUT2D eigenvalue weighted by Gasteiger charge is -2.34. The first-order valence-corrected chi connectivity index (χ1v) is 9.81. The first-order chi connectivity index (χ1) is 14.0. The zero-order valence-electron chi connectivity index (χ0n) is 16.6. The fraction of sp³-hybridized carbons (Fsp3) is 0.333. The number of ether oxygens (including phenoxy) is 1. The van der Waals surface area contributed by atoms with Crippen LogP contribution in [0.5, 0.6) is 5.75 Å². The van der Waals surface area contributed by atoms with E-state index in [4.69, 9.17) is 16.3 Å². The number of carbonyl (C=O) groups excluding carboxylic acids is 2. The van der Waals surface area contributed by atoms with Gasteiger partial charge in [0, 0.05) is 45.7 Å². The second kappa shape index (κ2) is 9.62. The Morgan fingerprint density at radius 1 is 1.03 bits per heavy atom. The van der Waals surface area contributed by atoms with Crippen LogP contribution in [0.4, 0.5) is 16.2 Å². The van der Waals surface area contributed by atoms with Gasteiger partial charge in [-0.05, 0) is 11.6 Å². The number of benzene rings is 2. The summed E-state index contributed by atoms with van der Waals surface area (Å²) in [5.74, 6) is 0.188. The van der Waals surface area contributed by atoms with Crippen LogP contribution in [-0.4, -0.2) is 55.0 Å². The number of methoxy groups -OCH3 is 1. The lowest BCUT2D eigenvalue weighted by atomic mass is 10.2. The molecule has 7 nitrogen and oxygen atoms in total. The van der Waals surface area contributed by atoms with Crippen LogP contribution < -0.4 is 15.4 Å². The van der Waals surface area contributed by atoms with Gasteiger partial charge in [-0.25, -0.2) is 4.79 Å². The number of nitrogens with one attached hydrogen (secondary N) is 2. The quantitative estimate of drug-likeness (QED) is 0.780. The molecule has 0 radical (unpaired) electrons. The standard InChI is InChI=1S/C21H25ClN4O3/c1-15(27)23-18-13-20(29-2)19(12-17(18)22)24-21(28)26-10-8-25(9-11-26)14-16-6-4-3-5-7-16/h3-7,12-13H,8-11,14H2,1-2H3,(H,23,27)(H,24,28). The number of piperazine rings is 1. The molecule has 1 aliphatic heterocycles. The van der Waals surface area contributed by atoms with Crippen LogP contribution in [0, 0.1) is 0 Å². The molecule has 0 unspecified atom stereocenters. The second-order valence-corrected chi connectivity index (χ2v) is 7.30. The number of amides is 3. The first kappa shape index (κ1) is 21.0. The van der Waals surface area contributed by atoms with E-state index in [1.165, 1.54) is 19.6 Å². The molecule has 0 spiro atoms. The van der Waals surface area contributed by atoms with Gasteiger partial charge in [0.25, 0.3) is 0 Å². The van der Waals surface area contributed by atoms with Crippen LogP contribution in [-0.2, 0) is 11.3 Å². The highest BCUT2D eigenvalue weighted by atomic mass is 35.5. The Kier molecular flexibility index (Phi) is 6.95. The molecule has 1 fully saturated rings. The van der Waals surface area contributed by atoms with Crippen molar-refractivity contribution in [2.24, 2.45) is 0 Å². The van der Waals surface area contributed by atoms with Crippen molar-refractivity contribution in [1.29, 1.82) is 0 Å². The smallest absolute Gasteiger partial charge is 0.322 e. The lowest BCUT2D eigenvalue weighted by molar-refractivity contribution is -0.114. The Labute approximate surface area is 175 Å². The summed E-state index contributed by atoms with van der Waals surface area (Å²) in [6, 6.07) is 13.3. The summed E-state index contributed by atoms with van der Waals surface area (Å²) in [6.45, 7) is 5.17. The molecule has 0 bridgehead atoms. The highest BCUT2D eigenvalue weighted by Gasteiger charge is 2.22. The molecular formula is C21H25ClN4O3. The number of urea groups is 1. The van der Waals surface area contributed by atoms with Crippen molar-refractivity contribution < 1.29 is 14.3 Å². The molecule has 2 aromatic carbocycles. The number of anilines is 2. The molecule has 0 aromatic heterocycles. The van der Waals surface area contributed by atoms with Crippen molar-refractivity contribution in [3.63, 3.8) is 0 Å². The van der Waals surface area contributed by atoms with Gasteiger partial charge in [0.2, 0.25) is 5.91 Å². The van der Waals surface area contributed by atoms with E-state index in [1.807, 2.05) is 18.2 Å². The van der Waals surface area contributed by atoms with Crippen LogP contribution >= 0.6 is 11.6 Å². The number of rotatable bonds is 5. The number of carbonyl (C=O) groups is 2. The molecule has 1 aliphatic rings. The molecule has 1 saturated heterocycles. The molecule has 1 heterocycles. The third-order valence-corrected chi connectivity index (χ3v) is 5.06. The fourth-order valence-corrected chi connectivity index (χ4v) is 3.46. The van der Waals surface area contributed by atoms with E-state index in [1.54, 1.807) is 17.0 Å². The van der Waals surface area contributed by atoms with Crippen molar-refractivity contribution in [1.82, 2.24) is 9.80 Å². The van der Waals surface area contributed by atoms with Crippen LogP contribution in [0.15, 0.2) is 42.5 Å². The normalized spacial score (nSPS) is 14.4. The summed E-state index contributed by atoms with van der Waals surface area (Å²) in [7, 11) is 1.50. The van der Waals surface area contributed by atoms with E-state index in [0.29, 0.717) is 35.2 Å². The first-order valence-electron chi connectivity index (χ1n) is 9.43. The maximum absolute atomic E-state index is 12.7. The van der Waals surface area contributed by atoms with E-state index in [-0.39, 0.29) is 11.9 Å². The molecule has 8 heteroatoms. The molecule has 3 amide bonds. The average molecular weight is 417 g/mol. The number of hydrogen-bond acceptors (Lipinski definition) is 4. The SMILES string of the molecule is COc1cc(NC(C)=O)c(Cl)cc1NC(=O)N1CCN(Cc2ccccc2)CC1. The number of hydrogen-bond donors (Lipinski definition) is 2. The molecule has 2 N–H and O–H groups in total. The monoisotopic (exact) mass is 416 g/mol. The molecule has 2 aromatic rings. The Morgan fingerprint density at radius 3 is 2.34 bits per heavy atom. The Hall–Kier alpha value is -2.77. The van der Waals surface area contributed by atoms with Gasteiger partial charge in [-0.15, -0.1) is 0 Å². The minimum absolute atomic E-state index is 0.203. The van der Waals surface area contributed by atoms with E-state index < -0.39 is 0 Å². The van der Waals surface area contributed by atoms with Crippen LogP contribution in [0.3, 0.4) is 0 Å². The summed E-state index contributed by atoms with van der Waals surface area (Å²) in [6.07, 6.45) is 0. The topological polar surface area (TPSA) is 73.9 Å². The predicted molar refractivity (Wildman–Crippen MR) is 115 cm³/mol. The fourth-order valence-electron chi connectivity index (χ4n) is 3.25. The van der Waals surface area contributed by atoms with Gasteiger partial charge in [0.05, 0.1) is 23.5 Å². The minimum Gasteiger partial charge on any atom is -0.494 e. The molecule has 0 aliphatic carbocycles. The van der Waals surface area contributed by atoms with E-state index in [9.17, 15) is 9.59 Å². The van der Waals surface area contributed by atoms with Crippen molar-refractivity contribution in [3.05, 3.63) is 53.1 Å². The largest absolute Gasteiger partial charge is 0.494 e. The maximum atomic E-state index is 12.7. The average Bonchev–Trinajstić information content (AvgIpc) is 2.71. The van der Waals surface area contributed by atoms with Gasteiger partial charge in [-0.3, -0.25) is 9.69 Å². The molecule has 29 heavy (non-hydrogen) atoms. The molecule has 154 valence electrons. The summed E-state index contributed by atoms with van der Waals surface area (Å²) in [5, 5.41) is 5.82. The zero-order valence-corrected chi connectivity index (χ0v) is 17.3. The molecule has 0 atom stereocenters. The highest BCUT2D eigenvalue weighted by Crippen LogP contribution is 2.34. The van der Waals surface area contributed by atoms with Crippen molar-refractivity contribution >= 4 is 34.9 Å². The van der Waals surface area contributed by atoms with Gasteiger partial charge in [-0.2, -0.15) is 0 Å². The van der Waals surface area contributed by atoms with Crippen molar-refractivity contribution in [2.75, 3.05) is 43.9 Å². The van der Waals surface area contributed by atoms with Crippen molar-refractivity contribution in [2.45, 2.75) is 13.5 Å². The summed E-state index contributed by atoms with van der Waals surface area (Å²) in [4.78, 5) is 28.1. The second-order valence-electron chi connectivity index (χ2n) is 6.89. The number of halogens is 1. The molecular weight excluding hydrogens is 392 g/mol. The Bertz CT molecular complexity index is 868. The third-order valence-electron chi connectivity index (χ3n) is 4.75. The summed E-state index contributed by atoms with van der Waals surface area (Å²) >= 11 is 6.23. The van der Waals surface area contributed by atoms with Gasteiger partial charge in [0.15, 0.2) is 0 Å². The van der Waals surface area contributed by atoms with Gasteiger partial charge < -0.3 is 20.3 Å². The van der Waals surface area contributed by atoms with Gasteiger partial charge >= 0.3 is 6.03 Å². The zero-order chi connectivity index (χ0) is 20.8. The van der Waals surface area contributed by atoms with E-state index in [0.717, 1.165) is 19.6 Å². The molecule has 0 saturated carbocycles. The van der Waals surface area contributed by atoms with Crippen LogP contribution in [0.2, 0.25) is 5.02 Å². The van der Waals surface area contributed by atoms with Gasteiger partial charge in [-0.1, -0.05) is 41.9 Å². The number of nitrogens with zero attached hydrogens (tertiary/aromatic N) is 2. The van der Waals surface area contributed by atoms with Crippen LogP contribution in [0.1, 0.15) is 12.5 Å². The third kappa shape index (κ3) is 5.62. The Morgan fingerprint density at radius 2 is 1.72 bits per heavy atom. The maximum Gasteiger partial charge on any atom is 0.322 e. The van der Waals surface area contributed by atoms with E-state index in [2.05, 4.69) is 27.7 Å². The summed E-state index contributed by atoms with van der Waals surface area (Å²) < 4.78 is 5.34. The van der Waals surface area contributed by atoms with E-state index >= 15 is 0 Å². The summed E-state index contributed by atoms with van der Waals surface area (Å²) in [5.41, 5.74) is 2.16.